The standard InChI is InChI=1S/C16H24BrO2S.BrH.Zn/c1-14(18)19-12-9-7-5-3-2-4-6-8-10-15-11-13-20-16(15)17;;/h11H,2-10,12H2,1H3;1H;/p-1. The zero-order valence-electron chi connectivity index (χ0n) is 13.3. The summed E-state index contributed by atoms with van der Waals surface area (Å²) >= 11 is 5.20. The van der Waals surface area contributed by atoms with Crippen LogP contribution in [-0.4, -0.2) is 12.6 Å². The minimum absolute atomic E-state index is 0. The van der Waals surface area contributed by atoms with Crippen LogP contribution in [0.25, 0.3) is 0 Å². The summed E-state index contributed by atoms with van der Waals surface area (Å²) in [7, 11) is 0. The summed E-state index contributed by atoms with van der Waals surface area (Å²) in [5.41, 5.74) is 1.40. The molecule has 0 aliphatic heterocycles. The van der Waals surface area contributed by atoms with Crippen LogP contribution in [-0.2, 0) is 35.4 Å². The van der Waals surface area contributed by atoms with E-state index in [0.29, 0.717) is 6.61 Å². The van der Waals surface area contributed by atoms with E-state index in [0.717, 1.165) is 6.42 Å². The van der Waals surface area contributed by atoms with Crippen molar-refractivity contribution >= 4 is 33.2 Å². The van der Waals surface area contributed by atoms with Gasteiger partial charge in [-0.15, -0.1) is 11.3 Å². The van der Waals surface area contributed by atoms with E-state index >= 15 is 0 Å². The summed E-state index contributed by atoms with van der Waals surface area (Å²) in [5, 5.41) is 3.15. The van der Waals surface area contributed by atoms with Crippen LogP contribution >= 0.6 is 27.3 Å². The normalized spacial score (nSPS) is 9.73. The molecule has 0 saturated heterocycles. The summed E-state index contributed by atoms with van der Waals surface area (Å²) in [6.07, 6.45) is 11.1. The van der Waals surface area contributed by atoms with E-state index in [1.165, 1.54) is 67.6 Å². The molecule has 6 heteroatoms. The maximum atomic E-state index is 10.6. The average molecular weight is 506 g/mol. The number of halogens is 2. The van der Waals surface area contributed by atoms with E-state index in [4.69, 9.17) is 4.74 Å². The van der Waals surface area contributed by atoms with Gasteiger partial charge in [0.05, 0.1) is 10.4 Å². The quantitative estimate of drug-likeness (QED) is 0.263. The predicted octanol–water partition coefficient (Wildman–Crippen LogP) is 2.54. The van der Waals surface area contributed by atoms with E-state index in [2.05, 4.69) is 27.4 Å². The molecule has 1 radical (unpaired) electrons. The number of rotatable bonds is 11. The first-order valence-electron chi connectivity index (χ1n) is 7.48. The van der Waals surface area contributed by atoms with Crippen molar-refractivity contribution in [1.82, 2.24) is 0 Å². The van der Waals surface area contributed by atoms with Crippen molar-refractivity contribution in [3.63, 3.8) is 0 Å². The Kier molecular flexibility index (Phi) is 18.9. The number of aryl methyl sites for hydroxylation is 1. The number of ether oxygens (including phenoxy) is 1. The first-order valence-corrected chi connectivity index (χ1v) is 9.08. The number of esters is 1. The molecule has 0 unspecified atom stereocenters. The van der Waals surface area contributed by atoms with Crippen LogP contribution < -0.4 is 17.0 Å². The van der Waals surface area contributed by atoms with Gasteiger partial charge in [0, 0.05) is 31.8 Å². The summed E-state index contributed by atoms with van der Waals surface area (Å²) in [4.78, 5) is 10.6. The van der Waals surface area contributed by atoms with Gasteiger partial charge in [-0.05, 0) is 46.8 Å². The molecular weight excluding hydrogens is 481 g/mol. The van der Waals surface area contributed by atoms with E-state index in [-0.39, 0.29) is 42.4 Å². The molecule has 1 rings (SSSR count). The Bertz CT molecular complexity index is 386. The minimum atomic E-state index is -0.167. The molecule has 1 aromatic heterocycles. The molecule has 22 heavy (non-hydrogen) atoms. The first-order chi connectivity index (χ1) is 9.70. The first kappa shape index (κ1) is 25.0. The smallest absolute Gasteiger partial charge is 0.302 e. The third-order valence-corrected chi connectivity index (χ3v) is 4.95. The fourth-order valence-corrected chi connectivity index (χ4v) is 3.33. The molecule has 1 heterocycles. The molecule has 2 nitrogen and oxygen atoms in total. The molecule has 0 amide bonds. The second-order valence-electron chi connectivity index (χ2n) is 5.08. The predicted molar refractivity (Wildman–Crippen MR) is 88.1 cm³/mol. The van der Waals surface area contributed by atoms with Crippen LogP contribution in [0.3, 0.4) is 0 Å². The average Bonchev–Trinajstić information content (AvgIpc) is 2.81. The molecule has 123 valence electrons. The van der Waals surface area contributed by atoms with Gasteiger partial charge in [0.1, 0.15) is 0 Å². The second-order valence-corrected chi connectivity index (χ2v) is 7.25. The fourth-order valence-electron chi connectivity index (χ4n) is 2.14. The van der Waals surface area contributed by atoms with Crippen molar-refractivity contribution in [3.05, 3.63) is 20.8 Å². The third kappa shape index (κ3) is 13.2. The van der Waals surface area contributed by atoms with Gasteiger partial charge in [-0.1, -0.05) is 38.5 Å². The maximum Gasteiger partial charge on any atom is 0.302 e. The molecule has 0 aliphatic rings. The van der Waals surface area contributed by atoms with Gasteiger partial charge < -0.3 is 21.7 Å². The number of hydrogen-bond acceptors (Lipinski definition) is 3. The van der Waals surface area contributed by atoms with Crippen LogP contribution in [0.5, 0.6) is 0 Å². The molecule has 1 aromatic rings. The van der Waals surface area contributed by atoms with Gasteiger partial charge in [-0.3, -0.25) is 4.79 Å². The summed E-state index contributed by atoms with van der Waals surface area (Å²) < 4.78 is 6.14. The van der Waals surface area contributed by atoms with Crippen LogP contribution in [0.4, 0.5) is 0 Å². The monoisotopic (exact) mass is 502 g/mol. The Hall–Kier alpha value is 0.753. The molecule has 0 bridgehead atoms. The number of carbonyl (C=O) groups is 1. The minimum Gasteiger partial charge on any atom is -1.00 e. The Morgan fingerprint density at radius 2 is 1.68 bits per heavy atom. The number of carbonyl (C=O) groups excluding carboxylic acids is 1. The molecule has 0 saturated carbocycles. The van der Waals surface area contributed by atoms with Gasteiger partial charge in [-0.25, -0.2) is 0 Å². The summed E-state index contributed by atoms with van der Waals surface area (Å²) in [5.74, 6) is -0.167. The molecule has 0 fully saturated rings. The number of thiophene rings is 1. The van der Waals surface area contributed by atoms with Crippen molar-refractivity contribution in [1.29, 1.82) is 0 Å². The van der Waals surface area contributed by atoms with Crippen LogP contribution in [0, 0.1) is 5.38 Å². The topological polar surface area (TPSA) is 26.3 Å². The van der Waals surface area contributed by atoms with Crippen molar-refractivity contribution in [2.24, 2.45) is 0 Å². The van der Waals surface area contributed by atoms with Gasteiger partial charge in [-0.2, -0.15) is 0 Å². The van der Waals surface area contributed by atoms with Crippen molar-refractivity contribution in [3.8, 4) is 0 Å². The maximum absolute atomic E-state index is 10.6. The van der Waals surface area contributed by atoms with Gasteiger partial charge in [0.2, 0.25) is 0 Å². The van der Waals surface area contributed by atoms with Gasteiger partial charge in [0.15, 0.2) is 0 Å². The Labute approximate surface area is 170 Å². The summed E-state index contributed by atoms with van der Waals surface area (Å²) in [6.45, 7) is 2.05. The van der Waals surface area contributed by atoms with E-state index in [9.17, 15) is 4.79 Å². The zero-order chi connectivity index (χ0) is 14.6. The van der Waals surface area contributed by atoms with Crippen LogP contribution in [0.15, 0.2) is 9.85 Å². The zero-order valence-corrected chi connectivity index (χ0v) is 20.3. The fraction of sp³-hybridized carbons (Fsp3) is 0.688. The Balaban J connectivity index is 0. The Morgan fingerprint density at radius 1 is 1.14 bits per heavy atom. The van der Waals surface area contributed by atoms with E-state index in [1.54, 1.807) is 11.3 Å². The molecule has 0 aliphatic carbocycles. The second kappa shape index (κ2) is 16.6. The van der Waals surface area contributed by atoms with Crippen LogP contribution in [0.1, 0.15) is 63.9 Å². The molecule has 0 atom stereocenters. The van der Waals surface area contributed by atoms with E-state index in [1.807, 2.05) is 0 Å². The van der Waals surface area contributed by atoms with Gasteiger partial charge in [0.25, 0.3) is 0 Å². The largest absolute Gasteiger partial charge is 1.00 e. The van der Waals surface area contributed by atoms with Crippen molar-refractivity contribution < 1.29 is 46.0 Å². The van der Waals surface area contributed by atoms with Crippen molar-refractivity contribution in [2.75, 3.05) is 6.61 Å². The summed E-state index contributed by atoms with van der Waals surface area (Å²) in [6, 6.07) is 2.10. The van der Waals surface area contributed by atoms with Crippen molar-refractivity contribution in [2.45, 2.75) is 64.7 Å². The SMILES string of the molecule is CC(=O)OCCCCCCCCCCc1c[c]sc1Br.[Br-].[Zn]. The van der Waals surface area contributed by atoms with Crippen LogP contribution in [0.2, 0.25) is 0 Å². The van der Waals surface area contributed by atoms with E-state index < -0.39 is 0 Å². The molecule has 0 N–H and O–H groups in total. The molecule has 0 aromatic carbocycles. The Morgan fingerprint density at radius 3 is 2.18 bits per heavy atom. The number of hydrogen-bond donors (Lipinski definition) is 0. The number of unbranched alkanes of at least 4 members (excludes halogenated alkanes) is 7. The molecule has 0 spiro atoms. The van der Waals surface area contributed by atoms with Gasteiger partial charge >= 0.3 is 5.97 Å². The molecular formula is C16H24Br2O2SZn-. The third-order valence-electron chi connectivity index (χ3n) is 3.28.